The number of nitrogens with one attached hydrogen (secondary N) is 3. The zero-order valence-corrected chi connectivity index (χ0v) is 21.3. The van der Waals surface area contributed by atoms with Crippen LogP contribution in [0.15, 0.2) is 72.9 Å². The van der Waals surface area contributed by atoms with E-state index in [1.165, 1.54) is 25.3 Å². The van der Waals surface area contributed by atoms with Crippen LogP contribution >= 0.6 is 11.6 Å². The minimum absolute atomic E-state index is 0.0112. The van der Waals surface area contributed by atoms with Crippen LogP contribution in [-0.2, 0) is 4.79 Å². The fourth-order valence-electron chi connectivity index (χ4n) is 3.56. The number of nitrogens with zero attached hydrogens (tertiary/aromatic N) is 3. The Balaban J connectivity index is 1.54. The van der Waals surface area contributed by atoms with Crippen molar-refractivity contribution < 1.29 is 13.9 Å². The molecule has 0 bridgehead atoms. The molecule has 8 nitrogen and oxygen atoms in total. The molecule has 0 unspecified atom stereocenters. The van der Waals surface area contributed by atoms with Gasteiger partial charge in [-0.2, -0.15) is 4.98 Å². The van der Waals surface area contributed by atoms with Crippen molar-refractivity contribution in [2.75, 3.05) is 43.7 Å². The number of benzene rings is 3. The van der Waals surface area contributed by atoms with Crippen LogP contribution in [0.25, 0.3) is 10.8 Å². The molecule has 3 aromatic carbocycles. The van der Waals surface area contributed by atoms with Crippen LogP contribution in [0.4, 0.5) is 33.2 Å². The molecule has 0 aliphatic heterocycles. The van der Waals surface area contributed by atoms with Crippen LogP contribution < -0.4 is 20.7 Å². The Hall–Kier alpha value is -4.21. The first-order valence-electron chi connectivity index (χ1n) is 11.4. The predicted molar refractivity (Wildman–Crippen MR) is 147 cm³/mol. The summed E-state index contributed by atoms with van der Waals surface area (Å²) in [6.07, 6.45) is 4.62. The van der Waals surface area contributed by atoms with E-state index in [1.54, 1.807) is 18.3 Å². The van der Waals surface area contributed by atoms with Gasteiger partial charge in [-0.3, -0.25) is 4.79 Å². The number of carbonyl (C=O) groups excluding carboxylic acids is 1. The molecule has 4 rings (SSSR count). The molecular formula is C27H26ClFN6O2. The number of halogens is 2. The molecule has 190 valence electrons. The van der Waals surface area contributed by atoms with Gasteiger partial charge in [-0.15, -0.1) is 0 Å². The van der Waals surface area contributed by atoms with Crippen molar-refractivity contribution >= 4 is 57.1 Å². The molecule has 4 aromatic rings. The lowest BCUT2D eigenvalue weighted by atomic mass is 10.1. The van der Waals surface area contributed by atoms with Gasteiger partial charge in [0.05, 0.1) is 23.5 Å². The van der Waals surface area contributed by atoms with Gasteiger partial charge in [0, 0.05) is 36.0 Å². The molecule has 1 amide bonds. The molecule has 1 heterocycles. The minimum Gasteiger partial charge on any atom is -0.494 e. The highest BCUT2D eigenvalue weighted by molar-refractivity contribution is 6.35. The second-order valence-electron chi connectivity index (χ2n) is 8.38. The normalized spacial score (nSPS) is 11.2. The number of ether oxygens (including phenoxy) is 1. The molecule has 0 aliphatic rings. The average molecular weight is 521 g/mol. The summed E-state index contributed by atoms with van der Waals surface area (Å²) in [5.41, 5.74) is 1.13. The molecule has 0 spiro atoms. The van der Waals surface area contributed by atoms with Gasteiger partial charge in [-0.1, -0.05) is 41.9 Å². The van der Waals surface area contributed by atoms with Crippen LogP contribution in [0.1, 0.15) is 0 Å². The summed E-state index contributed by atoms with van der Waals surface area (Å²) in [5, 5.41) is 11.4. The van der Waals surface area contributed by atoms with Crippen LogP contribution in [-0.4, -0.2) is 48.5 Å². The smallest absolute Gasteiger partial charge is 0.248 e. The Labute approximate surface area is 219 Å². The number of rotatable bonds is 9. The van der Waals surface area contributed by atoms with Crippen LogP contribution in [0.5, 0.6) is 5.75 Å². The quantitative estimate of drug-likeness (QED) is 0.234. The zero-order valence-electron chi connectivity index (χ0n) is 20.5. The Morgan fingerprint density at radius 1 is 1.11 bits per heavy atom. The van der Waals surface area contributed by atoms with Crippen molar-refractivity contribution in [3.8, 4) is 5.75 Å². The molecular weight excluding hydrogens is 495 g/mol. The third-order valence-electron chi connectivity index (χ3n) is 5.27. The fraction of sp³-hybridized carbons (Fsp3) is 0.148. The molecule has 0 saturated heterocycles. The first-order valence-corrected chi connectivity index (χ1v) is 11.8. The maximum absolute atomic E-state index is 14.6. The van der Waals surface area contributed by atoms with E-state index in [0.717, 1.165) is 16.5 Å². The van der Waals surface area contributed by atoms with Crippen LogP contribution in [0, 0.1) is 5.82 Å². The number of carbonyl (C=O) groups is 1. The highest BCUT2D eigenvalue weighted by atomic mass is 35.5. The Morgan fingerprint density at radius 3 is 2.70 bits per heavy atom. The number of amides is 1. The Bertz CT molecular complexity index is 1460. The summed E-state index contributed by atoms with van der Waals surface area (Å²) >= 11 is 6.44. The second kappa shape index (κ2) is 11.7. The number of aromatic nitrogens is 2. The number of methoxy groups -OCH3 is 1. The van der Waals surface area contributed by atoms with Gasteiger partial charge in [0.1, 0.15) is 11.6 Å². The van der Waals surface area contributed by atoms with Gasteiger partial charge in [-0.05, 0) is 43.7 Å². The van der Waals surface area contributed by atoms with E-state index in [-0.39, 0.29) is 17.4 Å². The lowest BCUT2D eigenvalue weighted by Crippen LogP contribution is -2.13. The summed E-state index contributed by atoms with van der Waals surface area (Å²) in [5.74, 6) is -0.106. The van der Waals surface area contributed by atoms with Gasteiger partial charge in [0.2, 0.25) is 11.9 Å². The van der Waals surface area contributed by atoms with E-state index >= 15 is 0 Å². The van der Waals surface area contributed by atoms with E-state index in [0.29, 0.717) is 23.1 Å². The topological polar surface area (TPSA) is 91.4 Å². The third kappa shape index (κ3) is 6.72. The Kier molecular flexibility index (Phi) is 8.17. The molecule has 37 heavy (non-hydrogen) atoms. The summed E-state index contributed by atoms with van der Waals surface area (Å²) in [6, 6.07) is 15.9. The van der Waals surface area contributed by atoms with E-state index in [1.807, 2.05) is 55.4 Å². The maximum atomic E-state index is 14.6. The summed E-state index contributed by atoms with van der Waals surface area (Å²) < 4.78 is 19.9. The summed E-state index contributed by atoms with van der Waals surface area (Å²) in [6.45, 7) is 0.582. The lowest BCUT2D eigenvalue weighted by Gasteiger charge is -2.14. The van der Waals surface area contributed by atoms with Gasteiger partial charge in [0.25, 0.3) is 0 Å². The van der Waals surface area contributed by atoms with E-state index < -0.39 is 11.7 Å². The Morgan fingerprint density at radius 2 is 1.92 bits per heavy atom. The highest BCUT2D eigenvalue weighted by Gasteiger charge is 2.14. The molecule has 3 N–H and O–H groups in total. The number of hydrogen-bond donors (Lipinski definition) is 3. The second-order valence-corrected chi connectivity index (χ2v) is 8.79. The van der Waals surface area contributed by atoms with E-state index in [4.69, 9.17) is 16.3 Å². The highest BCUT2D eigenvalue weighted by Crippen LogP contribution is 2.33. The first kappa shape index (κ1) is 25.9. The van der Waals surface area contributed by atoms with Crippen molar-refractivity contribution in [3.63, 3.8) is 0 Å². The SMILES string of the molecule is COc1cc(F)c(NC(=O)/C=C/CN(C)C)cc1Nc1nccc(Nc2cc(Cl)c3ccccc3c2)n1. The summed E-state index contributed by atoms with van der Waals surface area (Å²) in [7, 11) is 5.18. The van der Waals surface area contributed by atoms with Crippen molar-refractivity contribution in [2.45, 2.75) is 0 Å². The van der Waals surface area contributed by atoms with Gasteiger partial charge < -0.3 is 25.6 Å². The fourth-order valence-corrected chi connectivity index (χ4v) is 3.84. The van der Waals surface area contributed by atoms with Crippen LogP contribution in [0.2, 0.25) is 5.02 Å². The van der Waals surface area contributed by atoms with Crippen molar-refractivity contribution in [1.82, 2.24) is 14.9 Å². The number of anilines is 5. The molecule has 0 radical (unpaired) electrons. The van der Waals surface area contributed by atoms with Crippen molar-refractivity contribution in [3.05, 3.63) is 83.8 Å². The van der Waals surface area contributed by atoms with Gasteiger partial charge in [-0.25, -0.2) is 9.37 Å². The molecule has 0 aliphatic carbocycles. The number of likely N-dealkylation sites (N-methyl/N-ethyl adjacent to an activating group) is 1. The van der Waals surface area contributed by atoms with Gasteiger partial charge in [0.15, 0.2) is 5.82 Å². The number of fused-ring (bicyclic) bond motifs is 1. The minimum atomic E-state index is -0.638. The average Bonchev–Trinajstić information content (AvgIpc) is 2.86. The van der Waals surface area contributed by atoms with Gasteiger partial charge >= 0.3 is 0 Å². The molecule has 0 saturated carbocycles. The van der Waals surface area contributed by atoms with Crippen LogP contribution in [0.3, 0.4) is 0 Å². The molecule has 1 aromatic heterocycles. The van der Waals surface area contributed by atoms with Crippen molar-refractivity contribution in [1.29, 1.82) is 0 Å². The summed E-state index contributed by atoms with van der Waals surface area (Å²) in [4.78, 5) is 22.9. The maximum Gasteiger partial charge on any atom is 0.248 e. The van der Waals surface area contributed by atoms with E-state index in [2.05, 4.69) is 25.9 Å². The largest absolute Gasteiger partial charge is 0.494 e. The zero-order chi connectivity index (χ0) is 26.4. The molecule has 10 heteroatoms. The predicted octanol–water partition coefficient (Wildman–Crippen LogP) is 5.97. The molecule has 0 atom stereocenters. The van der Waals surface area contributed by atoms with E-state index in [9.17, 15) is 9.18 Å². The van der Waals surface area contributed by atoms with Crippen molar-refractivity contribution in [2.24, 2.45) is 0 Å². The third-order valence-corrected chi connectivity index (χ3v) is 5.59. The molecule has 0 fully saturated rings. The lowest BCUT2D eigenvalue weighted by molar-refractivity contribution is -0.111. The standard InChI is InChI=1S/C27H26ClFN6O2/c1-35(2)12-6-9-26(36)32-22-16-23(24(37-3)15-21(22)29)33-27-30-11-10-25(34-27)31-18-13-17-7-4-5-8-19(17)20(28)14-18/h4-11,13-16H,12H2,1-3H3,(H,32,36)(H2,30,31,33,34)/b9-6+. The first-order chi connectivity index (χ1) is 17.8. The monoisotopic (exact) mass is 520 g/mol. The number of hydrogen-bond acceptors (Lipinski definition) is 7.